The van der Waals surface area contributed by atoms with Crippen molar-refractivity contribution in [3.8, 4) is 17.0 Å². The second kappa shape index (κ2) is 2.90. The molecule has 0 saturated carbocycles. The first-order valence-electron chi connectivity index (χ1n) is 3.74. The Morgan fingerprint density at radius 1 is 1.38 bits per heavy atom. The molecule has 0 atom stereocenters. The summed E-state index contributed by atoms with van der Waals surface area (Å²) in [5.41, 5.74) is 1.45. The number of phenols is 1. The maximum absolute atomic E-state index is 12.7. The van der Waals surface area contributed by atoms with Crippen LogP contribution in [0.1, 0.15) is 0 Å². The lowest BCUT2D eigenvalue weighted by Crippen LogP contribution is -1.79. The maximum Gasteiger partial charge on any atom is 0.164 e. The van der Waals surface area contributed by atoms with Gasteiger partial charge in [0, 0.05) is 5.56 Å². The molecule has 2 rings (SSSR count). The Bertz CT molecular complexity index is 412. The van der Waals surface area contributed by atoms with Gasteiger partial charge in [0.05, 0.1) is 18.2 Å². The number of benzene rings is 1. The highest BCUT2D eigenvalue weighted by Crippen LogP contribution is 2.23. The quantitative estimate of drug-likeness (QED) is 0.700. The van der Waals surface area contributed by atoms with Crippen LogP contribution in [-0.4, -0.2) is 15.1 Å². The summed E-state index contributed by atoms with van der Waals surface area (Å²) in [6.45, 7) is 0. The predicted octanol–water partition coefficient (Wildman–Crippen LogP) is 1.92. The number of phenolic OH excluding ortho intramolecular Hbond substituents is 1. The average Bonchev–Trinajstić information content (AvgIpc) is 2.62. The summed E-state index contributed by atoms with van der Waals surface area (Å²) >= 11 is 0. The molecule has 0 unspecified atom stereocenters. The zero-order chi connectivity index (χ0) is 9.26. The molecule has 0 aliphatic rings. The summed E-state index contributed by atoms with van der Waals surface area (Å²) in [5.74, 6) is -0.977. The van der Waals surface area contributed by atoms with Crippen LogP contribution in [0.3, 0.4) is 0 Å². The number of halogens is 1. The van der Waals surface area contributed by atoms with Crippen molar-refractivity contribution in [2.75, 3.05) is 0 Å². The molecule has 66 valence electrons. The molecule has 0 aliphatic heterocycles. The van der Waals surface area contributed by atoms with Crippen molar-refractivity contribution in [3.63, 3.8) is 0 Å². The number of nitrogens with zero attached hydrogens (tertiary/aromatic N) is 1. The monoisotopic (exact) mass is 178 g/mol. The van der Waals surface area contributed by atoms with Crippen molar-refractivity contribution in [2.45, 2.75) is 0 Å². The summed E-state index contributed by atoms with van der Waals surface area (Å²) in [5, 5.41) is 9.09. The van der Waals surface area contributed by atoms with E-state index in [2.05, 4.69) is 9.97 Å². The Kier molecular flexibility index (Phi) is 1.73. The molecule has 0 saturated heterocycles. The van der Waals surface area contributed by atoms with Crippen molar-refractivity contribution in [1.29, 1.82) is 0 Å². The summed E-state index contributed by atoms with van der Waals surface area (Å²) in [6, 6.07) is 4.14. The van der Waals surface area contributed by atoms with E-state index < -0.39 is 5.82 Å². The number of nitrogens with one attached hydrogen (secondary N) is 1. The average molecular weight is 178 g/mol. The highest BCUT2D eigenvalue weighted by atomic mass is 19.1. The van der Waals surface area contributed by atoms with E-state index in [1.165, 1.54) is 18.5 Å². The van der Waals surface area contributed by atoms with Gasteiger partial charge in [0.15, 0.2) is 11.6 Å². The Hall–Kier alpha value is -1.84. The van der Waals surface area contributed by atoms with Crippen LogP contribution in [0, 0.1) is 5.82 Å². The van der Waals surface area contributed by atoms with Crippen LogP contribution in [0.15, 0.2) is 30.7 Å². The van der Waals surface area contributed by atoms with Gasteiger partial charge in [0.1, 0.15) is 0 Å². The SMILES string of the molecule is Oc1cc(-c2cnc[nH]2)ccc1F. The predicted molar refractivity (Wildman–Crippen MR) is 45.6 cm³/mol. The molecule has 1 aromatic carbocycles. The number of aromatic nitrogens is 2. The second-order valence-electron chi connectivity index (χ2n) is 2.63. The fourth-order valence-corrected chi connectivity index (χ4v) is 1.09. The Morgan fingerprint density at radius 2 is 2.23 bits per heavy atom. The van der Waals surface area contributed by atoms with E-state index in [1.54, 1.807) is 12.3 Å². The van der Waals surface area contributed by atoms with Crippen LogP contribution >= 0.6 is 0 Å². The Balaban J connectivity index is 2.49. The van der Waals surface area contributed by atoms with Crippen molar-refractivity contribution in [2.24, 2.45) is 0 Å². The topological polar surface area (TPSA) is 48.9 Å². The molecule has 1 heterocycles. The third kappa shape index (κ3) is 1.38. The first-order valence-corrected chi connectivity index (χ1v) is 3.74. The summed E-state index contributed by atoms with van der Waals surface area (Å²) in [6.07, 6.45) is 3.13. The number of H-pyrrole nitrogens is 1. The summed E-state index contributed by atoms with van der Waals surface area (Å²) in [4.78, 5) is 6.68. The van der Waals surface area contributed by atoms with E-state index in [0.717, 1.165) is 5.69 Å². The maximum atomic E-state index is 12.7. The molecule has 1 aromatic heterocycles. The standard InChI is InChI=1S/C9H7FN2O/c10-7-2-1-6(3-9(7)13)8-4-11-5-12-8/h1-5,13H,(H,11,12). The van der Waals surface area contributed by atoms with E-state index in [4.69, 9.17) is 5.11 Å². The molecule has 2 aromatic rings. The molecule has 2 N–H and O–H groups in total. The number of rotatable bonds is 1. The van der Waals surface area contributed by atoms with Gasteiger partial charge in [0.25, 0.3) is 0 Å². The molecular weight excluding hydrogens is 171 g/mol. The zero-order valence-corrected chi connectivity index (χ0v) is 6.66. The number of hydrogen-bond acceptors (Lipinski definition) is 2. The Labute approximate surface area is 73.9 Å². The van der Waals surface area contributed by atoms with Crippen molar-refractivity contribution < 1.29 is 9.50 Å². The molecule has 13 heavy (non-hydrogen) atoms. The van der Waals surface area contributed by atoms with Crippen LogP contribution in [0.25, 0.3) is 11.3 Å². The highest BCUT2D eigenvalue weighted by molar-refractivity contribution is 5.60. The van der Waals surface area contributed by atoms with Gasteiger partial charge in [-0.2, -0.15) is 0 Å². The van der Waals surface area contributed by atoms with Crippen LogP contribution < -0.4 is 0 Å². The van der Waals surface area contributed by atoms with Crippen molar-refractivity contribution in [3.05, 3.63) is 36.5 Å². The van der Waals surface area contributed by atoms with E-state index in [-0.39, 0.29) is 5.75 Å². The fourth-order valence-electron chi connectivity index (χ4n) is 1.09. The molecule has 0 aliphatic carbocycles. The number of imidazole rings is 1. The van der Waals surface area contributed by atoms with Crippen LogP contribution in [0.5, 0.6) is 5.75 Å². The largest absolute Gasteiger partial charge is 0.505 e. The zero-order valence-electron chi connectivity index (χ0n) is 6.66. The van der Waals surface area contributed by atoms with Gasteiger partial charge in [0.2, 0.25) is 0 Å². The molecule has 0 bridgehead atoms. The lowest BCUT2D eigenvalue weighted by Gasteiger charge is -1.98. The number of hydrogen-bond donors (Lipinski definition) is 2. The van der Waals surface area contributed by atoms with Gasteiger partial charge >= 0.3 is 0 Å². The van der Waals surface area contributed by atoms with Crippen LogP contribution in [0.2, 0.25) is 0 Å². The van der Waals surface area contributed by atoms with Crippen molar-refractivity contribution >= 4 is 0 Å². The van der Waals surface area contributed by atoms with Gasteiger partial charge in [-0.05, 0) is 18.2 Å². The molecule has 4 heteroatoms. The molecule has 0 amide bonds. The van der Waals surface area contributed by atoms with E-state index >= 15 is 0 Å². The lowest BCUT2D eigenvalue weighted by molar-refractivity contribution is 0.432. The van der Waals surface area contributed by atoms with Gasteiger partial charge in [-0.25, -0.2) is 9.37 Å². The molecule has 0 radical (unpaired) electrons. The van der Waals surface area contributed by atoms with Crippen LogP contribution in [0.4, 0.5) is 4.39 Å². The molecule has 0 spiro atoms. The second-order valence-corrected chi connectivity index (χ2v) is 2.63. The molecule has 0 fully saturated rings. The van der Waals surface area contributed by atoms with E-state index in [0.29, 0.717) is 5.56 Å². The first-order chi connectivity index (χ1) is 6.27. The van der Waals surface area contributed by atoms with Gasteiger partial charge in [-0.15, -0.1) is 0 Å². The minimum Gasteiger partial charge on any atom is -0.505 e. The van der Waals surface area contributed by atoms with Gasteiger partial charge < -0.3 is 10.1 Å². The third-order valence-corrected chi connectivity index (χ3v) is 1.76. The number of aromatic hydroxyl groups is 1. The minimum atomic E-state index is -0.622. The smallest absolute Gasteiger partial charge is 0.164 e. The van der Waals surface area contributed by atoms with Crippen molar-refractivity contribution in [1.82, 2.24) is 9.97 Å². The van der Waals surface area contributed by atoms with E-state index in [1.807, 2.05) is 0 Å². The highest BCUT2D eigenvalue weighted by Gasteiger charge is 2.03. The molecule has 3 nitrogen and oxygen atoms in total. The minimum absolute atomic E-state index is 0.355. The van der Waals surface area contributed by atoms with E-state index in [9.17, 15) is 4.39 Å². The normalized spacial score (nSPS) is 10.2. The summed E-state index contributed by atoms with van der Waals surface area (Å²) in [7, 11) is 0. The molecular formula is C9H7FN2O. The Morgan fingerprint density at radius 3 is 2.85 bits per heavy atom. The first kappa shape index (κ1) is 7.79. The number of aromatic amines is 1. The summed E-state index contributed by atoms with van der Waals surface area (Å²) < 4.78 is 12.7. The third-order valence-electron chi connectivity index (χ3n) is 1.76. The van der Waals surface area contributed by atoms with Gasteiger partial charge in [-0.3, -0.25) is 0 Å². The van der Waals surface area contributed by atoms with Gasteiger partial charge in [-0.1, -0.05) is 0 Å². The van der Waals surface area contributed by atoms with Crippen LogP contribution in [-0.2, 0) is 0 Å². The lowest BCUT2D eigenvalue weighted by atomic mass is 10.1. The fraction of sp³-hybridized carbons (Fsp3) is 0.